The fourth-order valence-corrected chi connectivity index (χ4v) is 3.04. The van der Waals surface area contributed by atoms with Crippen LogP contribution >= 0.6 is 0 Å². The van der Waals surface area contributed by atoms with Crippen molar-refractivity contribution in [1.82, 2.24) is 9.97 Å². The summed E-state index contributed by atoms with van der Waals surface area (Å²) in [5.74, 6) is 0.125. The Balaban J connectivity index is 1.60. The average Bonchev–Trinajstić information content (AvgIpc) is 3.12. The van der Waals surface area contributed by atoms with Gasteiger partial charge in [-0.25, -0.2) is 9.97 Å². The minimum Gasteiger partial charge on any atom is -0.323 e. The van der Waals surface area contributed by atoms with Gasteiger partial charge in [-0.15, -0.1) is 0 Å². The largest absolute Gasteiger partial charge is 0.323 e. The molecule has 0 unspecified atom stereocenters. The molecule has 1 N–H and O–H groups in total. The molecule has 1 aliphatic rings. The number of nitrogens with one attached hydrogen (secondary N) is 1. The van der Waals surface area contributed by atoms with E-state index in [2.05, 4.69) is 21.4 Å². The van der Waals surface area contributed by atoms with E-state index in [1.54, 1.807) is 35.4 Å². The third-order valence-corrected chi connectivity index (χ3v) is 4.30. The predicted octanol–water partition coefficient (Wildman–Crippen LogP) is 3.29. The van der Waals surface area contributed by atoms with E-state index in [1.165, 1.54) is 0 Å². The van der Waals surface area contributed by atoms with Crippen molar-refractivity contribution in [3.8, 4) is 6.07 Å². The van der Waals surface area contributed by atoms with Crippen LogP contribution in [0.4, 0.5) is 17.3 Å². The van der Waals surface area contributed by atoms with Crippen LogP contribution in [0.25, 0.3) is 0 Å². The highest BCUT2D eigenvalue weighted by Gasteiger charge is 2.26. The maximum absolute atomic E-state index is 12.9. The van der Waals surface area contributed by atoms with E-state index < -0.39 is 0 Å². The zero-order valence-electron chi connectivity index (χ0n) is 13.9. The Morgan fingerprint density at radius 2 is 1.92 bits per heavy atom. The van der Waals surface area contributed by atoms with Gasteiger partial charge >= 0.3 is 0 Å². The molecule has 0 spiro atoms. The van der Waals surface area contributed by atoms with E-state index >= 15 is 0 Å². The molecule has 26 heavy (non-hydrogen) atoms. The summed E-state index contributed by atoms with van der Waals surface area (Å²) < 4.78 is 0. The first-order chi connectivity index (χ1) is 12.8. The fourth-order valence-electron chi connectivity index (χ4n) is 3.04. The molecule has 1 aliphatic heterocycles. The van der Waals surface area contributed by atoms with Gasteiger partial charge in [-0.1, -0.05) is 30.3 Å². The third-order valence-electron chi connectivity index (χ3n) is 4.30. The molecule has 0 atom stereocenters. The van der Waals surface area contributed by atoms with Gasteiger partial charge in [-0.3, -0.25) is 4.79 Å². The number of aromatic nitrogens is 2. The van der Waals surface area contributed by atoms with Crippen LogP contribution in [0.3, 0.4) is 0 Å². The van der Waals surface area contributed by atoms with Crippen LogP contribution in [0.2, 0.25) is 0 Å². The van der Waals surface area contributed by atoms with E-state index in [-0.39, 0.29) is 11.9 Å². The van der Waals surface area contributed by atoms with Crippen LogP contribution in [0.15, 0.2) is 60.8 Å². The molecule has 0 bridgehead atoms. The minimum atomic E-state index is -0.158. The first-order valence-electron chi connectivity index (χ1n) is 8.25. The predicted molar refractivity (Wildman–Crippen MR) is 98.3 cm³/mol. The second kappa shape index (κ2) is 6.65. The summed E-state index contributed by atoms with van der Waals surface area (Å²) in [4.78, 5) is 23.1. The number of anilines is 3. The SMILES string of the molecule is N#Cc1ccccc1Nc1nccc(C(=O)N2CCc3ccccc32)n1. The molecule has 0 aliphatic carbocycles. The Kier molecular flexibility index (Phi) is 4.04. The van der Waals surface area contributed by atoms with E-state index in [4.69, 9.17) is 0 Å². The van der Waals surface area contributed by atoms with Gasteiger partial charge in [-0.2, -0.15) is 5.26 Å². The van der Waals surface area contributed by atoms with Crippen molar-refractivity contribution in [2.24, 2.45) is 0 Å². The lowest BCUT2D eigenvalue weighted by Gasteiger charge is -2.17. The number of carbonyl (C=O) groups excluding carboxylic acids is 1. The Hall–Kier alpha value is -3.72. The molecule has 4 rings (SSSR count). The number of nitrogens with zero attached hydrogens (tertiary/aromatic N) is 4. The summed E-state index contributed by atoms with van der Waals surface area (Å²) in [6, 6.07) is 18.7. The van der Waals surface area contributed by atoms with E-state index in [9.17, 15) is 10.1 Å². The van der Waals surface area contributed by atoms with Crippen LogP contribution < -0.4 is 10.2 Å². The Morgan fingerprint density at radius 3 is 2.81 bits per heavy atom. The quantitative estimate of drug-likeness (QED) is 0.790. The molecule has 0 saturated carbocycles. The third kappa shape index (κ3) is 2.87. The summed E-state index contributed by atoms with van der Waals surface area (Å²) in [7, 11) is 0. The lowest BCUT2D eigenvalue weighted by Crippen LogP contribution is -2.29. The van der Waals surface area contributed by atoms with Crippen LogP contribution in [-0.4, -0.2) is 22.4 Å². The number of fused-ring (bicyclic) bond motifs is 1. The molecule has 126 valence electrons. The molecule has 6 nitrogen and oxygen atoms in total. The molecular weight excluding hydrogens is 326 g/mol. The highest BCUT2D eigenvalue weighted by Crippen LogP contribution is 2.28. The van der Waals surface area contributed by atoms with Gasteiger partial charge in [0.15, 0.2) is 0 Å². The second-order valence-corrected chi connectivity index (χ2v) is 5.88. The summed E-state index contributed by atoms with van der Waals surface area (Å²) >= 11 is 0. The molecule has 3 aromatic rings. The molecule has 2 aromatic carbocycles. The zero-order valence-corrected chi connectivity index (χ0v) is 13.9. The van der Waals surface area contributed by atoms with E-state index in [0.29, 0.717) is 23.5 Å². The van der Waals surface area contributed by atoms with Crippen molar-refractivity contribution in [1.29, 1.82) is 5.26 Å². The number of hydrogen-bond donors (Lipinski definition) is 1. The molecule has 0 radical (unpaired) electrons. The zero-order chi connectivity index (χ0) is 17.9. The van der Waals surface area contributed by atoms with Crippen molar-refractivity contribution >= 4 is 23.2 Å². The summed E-state index contributed by atoms with van der Waals surface area (Å²) in [5.41, 5.74) is 3.50. The van der Waals surface area contributed by atoms with Gasteiger partial charge < -0.3 is 10.2 Å². The highest BCUT2D eigenvalue weighted by molar-refractivity contribution is 6.06. The summed E-state index contributed by atoms with van der Waals surface area (Å²) in [5, 5.41) is 12.2. The summed E-state index contributed by atoms with van der Waals surface area (Å²) in [6.07, 6.45) is 2.38. The van der Waals surface area contributed by atoms with Crippen molar-refractivity contribution in [2.45, 2.75) is 6.42 Å². The smallest absolute Gasteiger partial charge is 0.277 e. The van der Waals surface area contributed by atoms with Gasteiger partial charge in [0, 0.05) is 18.4 Å². The number of hydrogen-bond acceptors (Lipinski definition) is 5. The Morgan fingerprint density at radius 1 is 1.12 bits per heavy atom. The van der Waals surface area contributed by atoms with Crippen molar-refractivity contribution in [3.05, 3.63) is 77.6 Å². The number of rotatable bonds is 3. The summed E-state index contributed by atoms with van der Waals surface area (Å²) in [6.45, 7) is 0.641. The van der Waals surface area contributed by atoms with E-state index in [0.717, 1.165) is 17.7 Å². The molecule has 0 saturated heterocycles. The maximum atomic E-state index is 12.9. The molecule has 0 fully saturated rings. The lowest BCUT2D eigenvalue weighted by molar-refractivity contribution is 0.0984. The van der Waals surface area contributed by atoms with Crippen molar-refractivity contribution in [2.75, 3.05) is 16.8 Å². The number of benzene rings is 2. The maximum Gasteiger partial charge on any atom is 0.277 e. The first-order valence-corrected chi connectivity index (χ1v) is 8.25. The van der Waals surface area contributed by atoms with Crippen molar-refractivity contribution in [3.63, 3.8) is 0 Å². The topological polar surface area (TPSA) is 81.9 Å². The van der Waals surface area contributed by atoms with Crippen LogP contribution in [0.1, 0.15) is 21.6 Å². The first kappa shape index (κ1) is 15.8. The van der Waals surface area contributed by atoms with Crippen molar-refractivity contribution < 1.29 is 4.79 Å². The fraction of sp³-hybridized carbons (Fsp3) is 0.100. The number of nitriles is 1. The molecular formula is C20H15N5O. The van der Waals surface area contributed by atoms with Gasteiger partial charge in [0.1, 0.15) is 11.8 Å². The Labute approximate surface area is 150 Å². The second-order valence-electron chi connectivity index (χ2n) is 5.88. The number of carbonyl (C=O) groups is 1. The monoisotopic (exact) mass is 341 g/mol. The van der Waals surface area contributed by atoms with Gasteiger partial charge in [-0.05, 0) is 36.2 Å². The van der Waals surface area contributed by atoms with E-state index in [1.807, 2.05) is 30.3 Å². The number of para-hydroxylation sites is 2. The minimum absolute atomic E-state index is 0.158. The number of amides is 1. The van der Waals surface area contributed by atoms with Gasteiger partial charge in [0.05, 0.1) is 11.3 Å². The highest BCUT2D eigenvalue weighted by atomic mass is 16.2. The molecule has 2 heterocycles. The molecule has 6 heteroatoms. The molecule has 1 aromatic heterocycles. The van der Waals surface area contributed by atoms with Gasteiger partial charge in [0.2, 0.25) is 5.95 Å². The van der Waals surface area contributed by atoms with Crippen LogP contribution in [0.5, 0.6) is 0 Å². The molecule has 1 amide bonds. The Bertz CT molecular complexity index is 1020. The van der Waals surface area contributed by atoms with Gasteiger partial charge in [0.25, 0.3) is 5.91 Å². The van der Waals surface area contributed by atoms with Crippen LogP contribution in [-0.2, 0) is 6.42 Å². The lowest BCUT2D eigenvalue weighted by atomic mass is 10.2. The van der Waals surface area contributed by atoms with Crippen LogP contribution in [0, 0.1) is 11.3 Å². The standard InChI is InChI=1S/C20H15N5O/c21-13-15-6-1-3-7-16(15)23-20-22-11-9-17(24-20)19(26)25-12-10-14-5-2-4-8-18(14)25/h1-9,11H,10,12H2,(H,22,23,24). The normalized spacial score (nSPS) is 12.3. The average molecular weight is 341 g/mol.